The lowest BCUT2D eigenvalue weighted by atomic mass is 9.97. The fourth-order valence-electron chi connectivity index (χ4n) is 5.44. The van der Waals surface area contributed by atoms with Crippen molar-refractivity contribution in [2.75, 3.05) is 44.2 Å². The molecule has 6 nitrogen and oxygen atoms in total. The van der Waals surface area contributed by atoms with Crippen molar-refractivity contribution in [2.45, 2.75) is 25.8 Å². The Morgan fingerprint density at radius 3 is 2.47 bits per heavy atom. The van der Waals surface area contributed by atoms with Crippen LogP contribution in [0.5, 0.6) is 0 Å². The normalized spacial score (nSPS) is 18.6. The Morgan fingerprint density at radius 2 is 1.66 bits per heavy atom. The zero-order valence-corrected chi connectivity index (χ0v) is 18.7. The molecule has 6 heteroatoms. The Hall–Kier alpha value is -2.96. The molecule has 32 heavy (non-hydrogen) atoms. The molecule has 4 heterocycles. The van der Waals surface area contributed by atoms with Crippen molar-refractivity contribution in [2.24, 2.45) is 0 Å². The number of piperidine rings is 1. The highest BCUT2D eigenvalue weighted by Crippen LogP contribution is 2.33. The van der Waals surface area contributed by atoms with Crippen LogP contribution in [0.4, 0.5) is 5.69 Å². The number of aryl methyl sites for hydroxylation is 1. The zero-order valence-electron chi connectivity index (χ0n) is 18.7. The molecule has 2 fully saturated rings. The van der Waals surface area contributed by atoms with E-state index in [4.69, 9.17) is 4.98 Å². The van der Waals surface area contributed by atoms with Crippen molar-refractivity contribution in [3.05, 3.63) is 60.6 Å². The zero-order chi connectivity index (χ0) is 21.5. The van der Waals surface area contributed by atoms with E-state index in [9.17, 15) is 0 Å². The third-order valence-corrected chi connectivity index (χ3v) is 7.27. The summed E-state index contributed by atoms with van der Waals surface area (Å²) in [6.07, 6.45) is 8.57. The molecular weight excluding hydrogens is 396 g/mol. The molecule has 0 aliphatic carbocycles. The fraction of sp³-hybridized carbons (Fsp3) is 0.385. The van der Waals surface area contributed by atoms with Crippen LogP contribution in [0.15, 0.2) is 55.0 Å². The van der Waals surface area contributed by atoms with Crippen LogP contribution < -0.4 is 10.2 Å². The van der Waals surface area contributed by atoms with Crippen molar-refractivity contribution in [3.63, 3.8) is 0 Å². The quantitative estimate of drug-likeness (QED) is 0.541. The van der Waals surface area contributed by atoms with Crippen LogP contribution in [0.1, 0.15) is 18.4 Å². The molecule has 164 valence electrons. The number of rotatable bonds is 3. The minimum Gasteiger partial charge on any atom is -0.369 e. The summed E-state index contributed by atoms with van der Waals surface area (Å²) < 4.78 is 1.95. The van der Waals surface area contributed by atoms with Crippen LogP contribution in [0.25, 0.3) is 27.5 Å². The molecule has 0 spiro atoms. The highest BCUT2D eigenvalue weighted by Gasteiger charge is 2.26. The molecule has 2 aliphatic rings. The monoisotopic (exact) mass is 426 g/mol. The summed E-state index contributed by atoms with van der Waals surface area (Å²) in [6, 6.07) is 13.7. The standard InChI is InChI=1S/C26H30N6/c1-19-6-7-24(23-5-3-2-4-22(19)23)25-17-29-32-18-21(16-28-26(25)32)30-12-8-20(9-13-30)31-14-10-27-11-15-31/h2-7,16-18,20,27H,8-15H2,1H3. The van der Waals surface area contributed by atoms with Gasteiger partial charge in [-0.3, -0.25) is 4.90 Å². The second-order valence-electron chi connectivity index (χ2n) is 9.12. The Labute approximate surface area is 188 Å². The van der Waals surface area contributed by atoms with Crippen LogP contribution in [-0.2, 0) is 0 Å². The molecule has 0 radical (unpaired) electrons. The van der Waals surface area contributed by atoms with Crippen molar-refractivity contribution < 1.29 is 0 Å². The molecule has 0 saturated carbocycles. The number of fused-ring (bicyclic) bond motifs is 2. The molecule has 0 amide bonds. The number of nitrogens with zero attached hydrogens (tertiary/aromatic N) is 5. The van der Waals surface area contributed by atoms with E-state index in [-0.39, 0.29) is 0 Å². The number of anilines is 1. The maximum atomic E-state index is 4.87. The van der Waals surface area contributed by atoms with E-state index in [2.05, 4.69) is 69.7 Å². The molecule has 1 N–H and O–H groups in total. The molecule has 4 aromatic rings. The third-order valence-electron chi connectivity index (χ3n) is 7.27. The SMILES string of the molecule is Cc1ccc(-c2cnn3cc(N4CCC(N5CCNCC5)CC4)cnc23)c2ccccc12. The van der Waals surface area contributed by atoms with E-state index in [0.29, 0.717) is 0 Å². The Bertz CT molecular complexity index is 1250. The van der Waals surface area contributed by atoms with E-state index < -0.39 is 0 Å². The topological polar surface area (TPSA) is 48.7 Å². The molecule has 0 atom stereocenters. The minimum atomic E-state index is 0.719. The van der Waals surface area contributed by atoms with E-state index in [1.165, 1.54) is 53.5 Å². The van der Waals surface area contributed by atoms with Crippen molar-refractivity contribution >= 4 is 22.1 Å². The van der Waals surface area contributed by atoms with Crippen molar-refractivity contribution in [3.8, 4) is 11.1 Å². The fourth-order valence-corrected chi connectivity index (χ4v) is 5.44. The lowest BCUT2D eigenvalue weighted by Crippen LogP contribution is -2.52. The highest BCUT2D eigenvalue weighted by atomic mass is 15.3. The molecule has 2 aromatic heterocycles. The third kappa shape index (κ3) is 3.44. The van der Waals surface area contributed by atoms with Crippen LogP contribution in [0.2, 0.25) is 0 Å². The smallest absolute Gasteiger partial charge is 0.162 e. The van der Waals surface area contributed by atoms with Crippen molar-refractivity contribution in [1.29, 1.82) is 0 Å². The summed E-state index contributed by atoms with van der Waals surface area (Å²) in [5, 5.41) is 10.7. The van der Waals surface area contributed by atoms with Gasteiger partial charge in [-0.15, -0.1) is 0 Å². The van der Waals surface area contributed by atoms with Gasteiger partial charge in [0.2, 0.25) is 0 Å². The van der Waals surface area contributed by atoms with Gasteiger partial charge in [-0.1, -0.05) is 36.4 Å². The second kappa shape index (κ2) is 8.19. The van der Waals surface area contributed by atoms with Crippen LogP contribution in [0, 0.1) is 6.92 Å². The van der Waals surface area contributed by atoms with Gasteiger partial charge in [-0.2, -0.15) is 5.10 Å². The maximum Gasteiger partial charge on any atom is 0.162 e. The first kappa shape index (κ1) is 19.7. The minimum absolute atomic E-state index is 0.719. The van der Waals surface area contributed by atoms with Crippen LogP contribution in [-0.4, -0.2) is 64.8 Å². The molecule has 0 bridgehead atoms. The summed E-state index contributed by atoms with van der Waals surface area (Å²) in [4.78, 5) is 10.0. The Morgan fingerprint density at radius 1 is 0.875 bits per heavy atom. The van der Waals surface area contributed by atoms with Crippen molar-refractivity contribution in [1.82, 2.24) is 24.8 Å². The lowest BCUT2D eigenvalue weighted by Gasteiger charge is -2.40. The average molecular weight is 427 g/mol. The first-order valence-electron chi connectivity index (χ1n) is 11.8. The summed E-state index contributed by atoms with van der Waals surface area (Å²) >= 11 is 0. The highest BCUT2D eigenvalue weighted by molar-refractivity contribution is 6.01. The van der Waals surface area contributed by atoms with E-state index >= 15 is 0 Å². The van der Waals surface area contributed by atoms with Crippen LogP contribution in [0.3, 0.4) is 0 Å². The maximum absolute atomic E-state index is 4.87. The van der Waals surface area contributed by atoms with Crippen LogP contribution >= 0.6 is 0 Å². The number of nitrogens with one attached hydrogen (secondary N) is 1. The van der Waals surface area contributed by atoms with E-state index in [1.807, 2.05) is 16.9 Å². The predicted molar refractivity (Wildman–Crippen MR) is 130 cm³/mol. The summed E-state index contributed by atoms with van der Waals surface area (Å²) in [7, 11) is 0. The summed E-state index contributed by atoms with van der Waals surface area (Å²) in [5.41, 5.74) is 5.65. The first-order valence-corrected chi connectivity index (χ1v) is 11.8. The number of hydrogen-bond acceptors (Lipinski definition) is 5. The van der Waals surface area contributed by atoms with E-state index in [1.54, 1.807) is 0 Å². The van der Waals surface area contributed by atoms with Gasteiger partial charge >= 0.3 is 0 Å². The van der Waals surface area contributed by atoms with Gasteiger partial charge < -0.3 is 10.2 Å². The molecule has 2 aromatic carbocycles. The van der Waals surface area contributed by atoms with Gasteiger partial charge in [0, 0.05) is 50.9 Å². The van der Waals surface area contributed by atoms with Gasteiger partial charge in [0.05, 0.1) is 24.3 Å². The van der Waals surface area contributed by atoms with E-state index in [0.717, 1.165) is 43.4 Å². The Kier molecular flexibility index (Phi) is 5.04. The number of benzene rings is 2. The first-order chi connectivity index (χ1) is 15.8. The number of piperazine rings is 1. The summed E-state index contributed by atoms with van der Waals surface area (Å²) in [5.74, 6) is 0. The van der Waals surface area contributed by atoms with Gasteiger partial charge in [0.25, 0.3) is 0 Å². The number of hydrogen-bond donors (Lipinski definition) is 1. The van der Waals surface area contributed by atoms with Gasteiger partial charge in [0.1, 0.15) is 0 Å². The molecule has 2 saturated heterocycles. The largest absolute Gasteiger partial charge is 0.369 e. The molecule has 0 unspecified atom stereocenters. The Balaban J connectivity index is 1.26. The van der Waals surface area contributed by atoms with Gasteiger partial charge in [-0.25, -0.2) is 9.50 Å². The number of aromatic nitrogens is 3. The average Bonchev–Trinajstić information content (AvgIpc) is 3.28. The van der Waals surface area contributed by atoms with Gasteiger partial charge in [-0.05, 0) is 41.7 Å². The molecular formula is C26H30N6. The summed E-state index contributed by atoms with van der Waals surface area (Å²) in [6.45, 7) is 8.94. The molecule has 6 rings (SSSR count). The second-order valence-corrected chi connectivity index (χ2v) is 9.12. The molecule has 2 aliphatic heterocycles. The predicted octanol–water partition coefficient (Wildman–Crippen LogP) is 3.73. The lowest BCUT2D eigenvalue weighted by molar-refractivity contribution is 0.150. The van der Waals surface area contributed by atoms with Gasteiger partial charge in [0.15, 0.2) is 5.65 Å².